The number of nitrogens with one attached hydrogen (secondary N) is 2. The van der Waals surface area contributed by atoms with E-state index in [0.29, 0.717) is 32.9 Å². The van der Waals surface area contributed by atoms with E-state index in [4.69, 9.17) is 32.7 Å². The number of ether oxygens (including phenoxy) is 2. The van der Waals surface area contributed by atoms with Crippen molar-refractivity contribution in [1.29, 1.82) is 0 Å². The van der Waals surface area contributed by atoms with Gasteiger partial charge in [0.05, 0.1) is 21.4 Å². The fourth-order valence-electron chi connectivity index (χ4n) is 3.57. The topological polar surface area (TPSA) is 76.7 Å². The molecule has 194 valence electrons. The zero-order valence-corrected chi connectivity index (χ0v) is 22.3. The summed E-state index contributed by atoms with van der Waals surface area (Å²) in [4.78, 5) is 25.2. The van der Waals surface area contributed by atoms with E-state index < -0.39 is 12.2 Å². The second-order valence-corrected chi connectivity index (χ2v) is 9.33. The van der Waals surface area contributed by atoms with Crippen molar-refractivity contribution in [2.24, 2.45) is 0 Å². The molecule has 0 unspecified atom stereocenters. The van der Waals surface area contributed by atoms with Gasteiger partial charge in [-0.15, -0.1) is 0 Å². The molecule has 2 amide bonds. The van der Waals surface area contributed by atoms with Crippen LogP contribution in [0.3, 0.4) is 0 Å². The van der Waals surface area contributed by atoms with Crippen molar-refractivity contribution < 1.29 is 19.1 Å². The second-order valence-electron chi connectivity index (χ2n) is 8.51. The Morgan fingerprint density at radius 3 is 1.32 bits per heavy atom. The summed E-state index contributed by atoms with van der Waals surface area (Å²) >= 11 is 12.9. The van der Waals surface area contributed by atoms with Gasteiger partial charge in [0, 0.05) is 0 Å². The lowest BCUT2D eigenvalue weighted by Gasteiger charge is -2.16. The summed E-state index contributed by atoms with van der Waals surface area (Å²) in [7, 11) is 0. The zero-order chi connectivity index (χ0) is 27.1. The van der Waals surface area contributed by atoms with E-state index in [1.54, 1.807) is 62.4 Å². The second kappa shape index (κ2) is 12.5. The molecular weight excluding hydrogens is 523 g/mol. The lowest BCUT2D eigenvalue weighted by molar-refractivity contribution is -0.122. The van der Waals surface area contributed by atoms with Crippen LogP contribution in [0.15, 0.2) is 97.1 Å². The molecule has 0 saturated carbocycles. The molecule has 0 heterocycles. The highest BCUT2D eigenvalue weighted by atomic mass is 35.5. The van der Waals surface area contributed by atoms with Gasteiger partial charge >= 0.3 is 0 Å². The Kier molecular flexibility index (Phi) is 8.89. The third-order valence-electron chi connectivity index (χ3n) is 5.64. The molecule has 2 atom stereocenters. The van der Waals surface area contributed by atoms with Crippen LogP contribution in [0.1, 0.15) is 13.8 Å². The Bertz CT molecular complexity index is 1310. The quantitative estimate of drug-likeness (QED) is 0.227. The smallest absolute Gasteiger partial charge is 0.265 e. The number of para-hydroxylation sites is 2. The van der Waals surface area contributed by atoms with Crippen LogP contribution in [-0.4, -0.2) is 24.0 Å². The number of rotatable bonds is 9. The molecule has 38 heavy (non-hydrogen) atoms. The molecule has 0 radical (unpaired) electrons. The molecule has 0 fully saturated rings. The third-order valence-corrected chi connectivity index (χ3v) is 6.26. The molecule has 0 aliphatic heterocycles. The van der Waals surface area contributed by atoms with Gasteiger partial charge in [-0.05, 0) is 73.5 Å². The normalized spacial score (nSPS) is 12.2. The minimum atomic E-state index is -0.712. The Hall–Kier alpha value is -4.00. The number of halogens is 2. The number of amides is 2. The van der Waals surface area contributed by atoms with E-state index in [9.17, 15) is 9.59 Å². The van der Waals surface area contributed by atoms with Gasteiger partial charge in [-0.1, -0.05) is 71.7 Å². The van der Waals surface area contributed by atoms with E-state index in [-0.39, 0.29) is 11.8 Å². The summed E-state index contributed by atoms with van der Waals surface area (Å²) in [5.74, 6) is 0.562. The summed E-state index contributed by atoms with van der Waals surface area (Å²) in [6.07, 6.45) is -1.42. The van der Waals surface area contributed by atoms with E-state index in [1.807, 2.05) is 48.5 Å². The van der Waals surface area contributed by atoms with Crippen molar-refractivity contribution >= 4 is 46.4 Å². The highest BCUT2D eigenvalue weighted by Crippen LogP contribution is 2.33. The fourth-order valence-corrected chi connectivity index (χ4v) is 4.03. The van der Waals surface area contributed by atoms with Crippen LogP contribution in [0, 0.1) is 0 Å². The number of anilines is 2. The molecule has 0 aliphatic rings. The minimum Gasteiger partial charge on any atom is -0.481 e. The average molecular weight is 549 g/mol. The minimum absolute atomic E-state index is 0.322. The van der Waals surface area contributed by atoms with Crippen LogP contribution in [-0.2, 0) is 9.59 Å². The lowest BCUT2D eigenvalue weighted by Crippen LogP contribution is -2.30. The Balaban J connectivity index is 1.39. The number of benzene rings is 4. The van der Waals surface area contributed by atoms with Crippen molar-refractivity contribution in [3.8, 4) is 22.6 Å². The average Bonchev–Trinajstić information content (AvgIpc) is 2.92. The summed E-state index contributed by atoms with van der Waals surface area (Å²) in [5, 5.41) is 6.32. The number of carbonyl (C=O) groups excluding carboxylic acids is 2. The molecule has 4 aromatic rings. The van der Waals surface area contributed by atoms with E-state index in [1.165, 1.54) is 0 Å². The molecule has 8 heteroatoms. The predicted molar refractivity (Wildman–Crippen MR) is 152 cm³/mol. The van der Waals surface area contributed by atoms with Crippen LogP contribution >= 0.6 is 23.2 Å². The molecule has 0 spiro atoms. The van der Waals surface area contributed by atoms with Gasteiger partial charge in [-0.3, -0.25) is 9.59 Å². The summed E-state index contributed by atoms with van der Waals surface area (Å²) in [6, 6.07) is 28.8. The first-order valence-corrected chi connectivity index (χ1v) is 12.7. The van der Waals surface area contributed by atoms with Crippen molar-refractivity contribution in [3.05, 3.63) is 107 Å². The highest BCUT2D eigenvalue weighted by Gasteiger charge is 2.18. The van der Waals surface area contributed by atoms with Gasteiger partial charge in [-0.25, -0.2) is 0 Å². The molecule has 6 nitrogen and oxygen atoms in total. The fraction of sp³-hybridized carbons (Fsp3) is 0.133. The van der Waals surface area contributed by atoms with Gasteiger partial charge in [-0.2, -0.15) is 0 Å². The van der Waals surface area contributed by atoms with Crippen LogP contribution in [0.5, 0.6) is 11.5 Å². The molecule has 4 rings (SSSR count). The van der Waals surface area contributed by atoms with Crippen LogP contribution in [0.25, 0.3) is 11.1 Å². The van der Waals surface area contributed by atoms with Crippen LogP contribution < -0.4 is 20.1 Å². The van der Waals surface area contributed by atoms with E-state index >= 15 is 0 Å². The molecule has 0 aliphatic carbocycles. The van der Waals surface area contributed by atoms with Gasteiger partial charge in [0.25, 0.3) is 11.8 Å². The molecule has 0 bridgehead atoms. The Morgan fingerprint density at radius 1 is 0.605 bits per heavy atom. The lowest BCUT2D eigenvalue weighted by atomic mass is 10.0. The maximum absolute atomic E-state index is 12.6. The number of carbonyl (C=O) groups is 2. The molecule has 2 N–H and O–H groups in total. The van der Waals surface area contributed by atoms with Gasteiger partial charge in [0.15, 0.2) is 12.2 Å². The molecule has 0 aromatic heterocycles. The van der Waals surface area contributed by atoms with Gasteiger partial charge in [0.2, 0.25) is 0 Å². The first-order chi connectivity index (χ1) is 18.3. The summed E-state index contributed by atoms with van der Waals surface area (Å²) in [5.41, 5.74) is 2.52. The van der Waals surface area contributed by atoms with E-state index in [0.717, 1.165) is 11.1 Å². The van der Waals surface area contributed by atoms with Crippen molar-refractivity contribution in [2.75, 3.05) is 10.6 Å². The molecular formula is C30H26Cl2N2O4. The van der Waals surface area contributed by atoms with Gasteiger partial charge < -0.3 is 20.1 Å². The number of hydrogen-bond acceptors (Lipinski definition) is 4. The summed E-state index contributed by atoms with van der Waals surface area (Å²) in [6.45, 7) is 3.34. The maximum Gasteiger partial charge on any atom is 0.265 e. The number of hydrogen-bond donors (Lipinski definition) is 2. The van der Waals surface area contributed by atoms with E-state index in [2.05, 4.69) is 10.6 Å². The Morgan fingerprint density at radius 2 is 0.974 bits per heavy atom. The van der Waals surface area contributed by atoms with Gasteiger partial charge in [0.1, 0.15) is 11.5 Å². The highest BCUT2D eigenvalue weighted by molar-refractivity contribution is 6.34. The first kappa shape index (κ1) is 27.0. The SMILES string of the molecule is C[C@H](Oc1ccccc1)C(=O)Nc1ccc(-c2ccc(NC(=O)[C@@H](C)Oc3ccccc3)c(Cl)c2)cc1Cl. The molecule has 4 aromatic carbocycles. The maximum atomic E-state index is 12.6. The predicted octanol–water partition coefficient (Wildman–Crippen LogP) is 7.47. The summed E-state index contributed by atoms with van der Waals surface area (Å²) < 4.78 is 11.3. The molecule has 0 saturated heterocycles. The van der Waals surface area contributed by atoms with Crippen LogP contribution in [0.4, 0.5) is 11.4 Å². The van der Waals surface area contributed by atoms with Crippen molar-refractivity contribution in [3.63, 3.8) is 0 Å². The Labute approximate surface area is 231 Å². The standard InChI is InChI=1S/C30H26Cl2N2O4/c1-19(37-23-9-5-3-6-10-23)29(35)33-27-15-13-21(17-25(27)31)22-14-16-28(26(32)18-22)34-30(36)20(2)38-24-11-7-4-8-12-24/h3-20H,1-2H3,(H,33,35)(H,34,36)/t19-,20+. The zero-order valence-electron chi connectivity index (χ0n) is 20.8. The first-order valence-electron chi connectivity index (χ1n) is 11.9. The van der Waals surface area contributed by atoms with Crippen molar-refractivity contribution in [1.82, 2.24) is 0 Å². The largest absolute Gasteiger partial charge is 0.481 e. The third kappa shape index (κ3) is 7.06. The monoisotopic (exact) mass is 548 g/mol. The van der Waals surface area contributed by atoms with Crippen molar-refractivity contribution in [2.45, 2.75) is 26.1 Å². The van der Waals surface area contributed by atoms with Crippen LogP contribution in [0.2, 0.25) is 10.0 Å².